The molecule has 2 heterocycles. The van der Waals surface area contributed by atoms with Gasteiger partial charge in [-0.1, -0.05) is 135 Å². The molecule has 0 saturated carbocycles. The third-order valence-electron chi connectivity index (χ3n) is 9.91. The highest BCUT2D eigenvalue weighted by Crippen LogP contribution is 2.42. The van der Waals surface area contributed by atoms with Crippen LogP contribution < -0.4 is 0 Å². The largest absolute Gasteiger partial charge is 0.309 e. The van der Waals surface area contributed by atoms with Crippen LogP contribution in [0.1, 0.15) is 25.3 Å². The second-order valence-corrected chi connectivity index (χ2v) is 12.8. The van der Waals surface area contributed by atoms with Crippen molar-refractivity contribution in [2.24, 2.45) is 0 Å². The van der Waals surface area contributed by atoms with Crippen molar-refractivity contribution in [1.29, 1.82) is 0 Å². The van der Waals surface area contributed by atoms with Crippen molar-refractivity contribution in [1.82, 2.24) is 9.13 Å². The third-order valence-corrected chi connectivity index (χ3v) is 9.91. The van der Waals surface area contributed by atoms with E-state index in [4.69, 9.17) is 0 Å². The normalized spacial score (nSPS) is 11.7. The Balaban J connectivity index is 1.26. The van der Waals surface area contributed by atoms with Crippen molar-refractivity contribution >= 4 is 43.6 Å². The van der Waals surface area contributed by atoms with Gasteiger partial charge in [0.25, 0.3) is 0 Å². The number of rotatable bonds is 7. The monoisotopic (exact) mass is 616 g/mol. The quantitative estimate of drug-likeness (QED) is 0.169. The van der Waals surface area contributed by atoms with Gasteiger partial charge in [-0.15, -0.1) is 0 Å². The molecule has 0 radical (unpaired) electrons. The molecule has 0 unspecified atom stereocenters. The smallest absolute Gasteiger partial charge is 0.0641 e. The van der Waals surface area contributed by atoms with Crippen molar-refractivity contribution in [3.8, 4) is 33.6 Å². The van der Waals surface area contributed by atoms with Gasteiger partial charge in [0.05, 0.1) is 22.1 Å². The molecule has 9 rings (SSSR count). The lowest BCUT2D eigenvalue weighted by atomic mass is 10.0. The van der Waals surface area contributed by atoms with Crippen molar-refractivity contribution < 1.29 is 0 Å². The minimum Gasteiger partial charge on any atom is -0.309 e. The number of hydrogen-bond acceptors (Lipinski definition) is 0. The molecular weight excluding hydrogens is 581 g/mol. The fourth-order valence-corrected chi connectivity index (χ4v) is 7.56. The zero-order valence-corrected chi connectivity index (χ0v) is 27.1. The predicted molar refractivity (Wildman–Crippen MR) is 205 cm³/mol. The fraction of sp³-hybridized carbons (Fsp3) is 0.0870. The first-order chi connectivity index (χ1) is 23.8. The highest BCUT2D eigenvalue weighted by molar-refractivity contribution is 6.26. The predicted octanol–water partition coefficient (Wildman–Crippen LogP) is 12.6. The molecule has 0 fully saturated rings. The second kappa shape index (κ2) is 11.7. The highest BCUT2D eigenvalue weighted by atomic mass is 15.0. The zero-order chi connectivity index (χ0) is 32.0. The van der Waals surface area contributed by atoms with E-state index in [0.29, 0.717) is 0 Å². The zero-order valence-electron chi connectivity index (χ0n) is 27.1. The minimum absolute atomic E-state index is 1.15. The Labute approximate surface area is 281 Å². The Kier molecular flexibility index (Phi) is 6.94. The first-order valence-electron chi connectivity index (χ1n) is 17.1. The van der Waals surface area contributed by atoms with E-state index in [1.807, 2.05) is 0 Å². The Morgan fingerprint density at radius 3 is 1.79 bits per heavy atom. The number of hydrogen-bond donors (Lipinski definition) is 0. The van der Waals surface area contributed by atoms with Crippen LogP contribution in [0.3, 0.4) is 0 Å². The summed E-state index contributed by atoms with van der Waals surface area (Å²) in [6.07, 6.45) is 3.60. The van der Waals surface area contributed by atoms with Gasteiger partial charge < -0.3 is 9.13 Å². The van der Waals surface area contributed by atoms with Crippen molar-refractivity contribution in [2.75, 3.05) is 0 Å². The number of benzene rings is 7. The van der Waals surface area contributed by atoms with E-state index in [1.54, 1.807) is 0 Å². The van der Waals surface area contributed by atoms with Crippen molar-refractivity contribution in [3.63, 3.8) is 0 Å². The topological polar surface area (TPSA) is 9.86 Å². The van der Waals surface area contributed by atoms with Crippen molar-refractivity contribution in [3.05, 3.63) is 169 Å². The van der Waals surface area contributed by atoms with Gasteiger partial charge in [-0.25, -0.2) is 0 Å². The molecule has 48 heavy (non-hydrogen) atoms. The molecule has 7 aromatic carbocycles. The van der Waals surface area contributed by atoms with Crippen LogP contribution in [-0.2, 0) is 6.42 Å². The van der Waals surface area contributed by atoms with Gasteiger partial charge in [0.15, 0.2) is 0 Å². The lowest BCUT2D eigenvalue weighted by molar-refractivity contribution is 0.795. The maximum absolute atomic E-state index is 2.47. The molecule has 9 aromatic rings. The maximum Gasteiger partial charge on any atom is 0.0641 e. The SMILES string of the molecule is CCCCc1ccc(-c2ccc(-n3c4ccccc4c4ccc5c(c6ccccc6n5-c5cccc(-c6ccccc6)c5)c43)cc2)cc1. The maximum atomic E-state index is 2.47. The van der Waals surface area contributed by atoms with E-state index in [1.165, 1.54) is 90.0 Å². The van der Waals surface area contributed by atoms with Crippen LogP contribution in [0.4, 0.5) is 0 Å². The average molecular weight is 617 g/mol. The molecule has 0 aliphatic heterocycles. The molecule has 0 N–H and O–H groups in total. The van der Waals surface area contributed by atoms with E-state index < -0.39 is 0 Å². The molecule has 2 nitrogen and oxygen atoms in total. The second-order valence-electron chi connectivity index (χ2n) is 12.8. The van der Waals surface area contributed by atoms with Gasteiger partial charge in [0.2, 0.25) is 0 Å². The number of unbranched alkanes of at least 4 members (excludes halogenated alkanes) is 1. The molecular formula is C46H36N2. The van der Waals surface area contributed by atoms with E-state index in [2.05, 4.69) is 180 Å². The summed E-state index contributed by atoms with van der Waals surface area (Å²) >= 11 is 0. The summed E-state index contributed by atoms with van der Waals surface area (Å²) in [5.74, 6) is 0. The lowest BCUT2D eigenvalue weighted by Gasteiger charge is -2.12. The van der Waals surface area contributed by atoms with E-state index >= 15 is 0 Å². The molecule has 0 aliphatic carbocycles. The van der Waals surface area contributed by atoms with Crippen LogP contribution in [0.25, 0.3) is 77.2 Å². The first-order valence-corrected chi connectivity index (χ1v) is 17.1. The first kappa shape index (κ1) is 28.4. The van der Waals surface area contributed by atoms with Gasteiger partial charge in [-0.3, -0.25) is 0 Å². The number of para-hydroxylation sites is 2. The minimum atomic E-state index is 1.15. The van der Waals surface area contributed by atoms with E-state index in [-0.39, 0.29) is 0 Å². The fourth-order valence-electron chi connectivity index (χ4n) is 7.56. The van der Waals surface area contributed by atoms with Crippen LogP contribution >= 0.6 is 0 Å². The molecule has 2 aromatic heterocycles. The molecule has 0 atom stereocenters. The standard InChI is InChI=1S/C46H36N2/c1-2-3-12-32-21-23-34(24-22-32)35-25-27-37(28-26-35)48-42-19-9-7-17-39(42)40-29-30-44-45(46(40)48)41-18-8-10-20-43(41)47(44)38-16-11-15-36(31-38)33-13-5-4-6-14-33/h4-11,13-31H,2-3,12H2,1H3. The summed E-state index contributed by atoms with van der Waals surface area (Å²) in [7, 11) is 0. The molecule has 0 amide bonds. The van der Waals surface area contributed by atoms with Gasteiger partial charge in [-0.05, 0) is 83.1 Å². The molecule has 0 spiro atoms. The van der Waals surface area contributed by atoms with Crippen LogP contribution in [0.15, 0.2) is 164 Å². The summed E-state index contributed by atoms with van der Waals surface area (Å²) in [6, 6.07) is 60.1. The summed E-state index contributed by atoms with van der Waals surface area (Å²) in [4.78, 5) is 0. The van der Waals surface area contributed by atoms with Crippen molar-refractivity contribution in [2.45, 2.75) is 26.2 Å². The third kappa shape index (κ3) is 4.64. The van der Waals surface area contributed by atoms with Crippen LogP contribution in [-0.4, -0.2) is 9.13 Å². The average Bonchev–Trinajstić information content (AvgIpc) is 3.68. The lowest BCUT2D eigenvalue weighted by Crippen LogP contribution is -1.96. The van der Waals surface area contributed by atoms with Gasteiger partial charge in [-0.2, -0.15) is 0 Å². The molecule has 0 bridgehead atoms. The molecule has 0 aliphatic rings. The number of nitrogens with zero attached hydrogens (tertiary/aromatic N) is 2. The molecule has 230 valence electrons. The Morgan fingerprint density at radius 1 is 0.417 bits per heavy atom. The van der Waals surface area contributed by atoms with Crippen LogP contribution in [0.2, 0.25) is 0 Å². The number of fused-ring (bicyclic) bond motifs is 7. The Bertz CT molecular complexity index is 2570. The van der Waals surface area contributed by atoms with Gasteiger partial charge in [0.1, 0.15) is 0 Å². The Morgan fingerprint density at radius 2 is 1.04 bits per heavy atom. The summed E-state index contributed by atoms with van der Waals surface area (Å²) in [5, 5.41) is 5.07. The van der Waals surface area contributed by atoms with Gasteiger partial charge >= 0.3 is 0 Å². The molecule has 2 heteroatoms. The van der Waals surface area contributed by atoms with Crippen LogP contribution in [0, 0.1) is 0 Å². The number of aromatic nitrogens is 2. The number of aryl methyl sites for hydroxylation is 1. The summed E-state index contributed by atoms with van der Waals surface area (Å²) < 4.78 is 4.91. The highest BCUT2D eigenvalue weighted by Gasteiger charge is 2.20. The summed E-state index contributed by atoms with van der Waals surface area (Å²) in [6.45, 7) is 2.25. The molecule has 0 saturated heterocycles. The van der Waals surface area contributed by atoms with Gasteiger partial charge in [0, 0.05) is 32.9 Å². The van der Waals surface area contributed by atoms with Crippen LogP contribution in [0.5, 0.6) is 0 Å². The van der Waals surface area contributed by atoms with E-state index in [9.17, 15) is 0 Å². The Hall–Kier alpha value is -5.86. The summed E-state index contributed by atoms with van der Waals surface area (Å²) in [5.41, 5.74) is 13.5. The van der Waals surface area contributed by atoms with E-state index in [0.717, 1.165) is 12.1 Å².